The minimum atomic E-state index is -1.18. The standard InChI is InChI=1S/C29H37N3O6/c1-6-17(4)25(27(34)30-18(5)28(35)36)31-26(33)24(16(2)3)32-29(37)38-15-23-21-13-9-7-11-19(21)20-12-8-10-14-22(20)23/h7-14,16-18,23-25H,6,15H2,1-5H3,(H,30,34)(H,31,33)(H,32,37)(H,35,36)/t17-,18-,24-,25-/m0/s1. The Balaban J connectivity index is 1.67. The largest absolute Gasteiger partial charge is 0.480 e. The summed E-state index contributed by atoms with van der Waals surface area (Å²) in [6, 6.07) is 13.0. The Morgan fingerprint density at radius 3 is 1.84 bits per heavy atom. The maximum Gasteiger partial charge on any atom is 0.407 e. The fourth-order valence-corrected chi connectivity index (χ4v) is 4.61. The third-order valence-corrected chi connectivity index (χ3v) is 7.09. The van der Waals surface area contributed by atoms with Crippen LogP contribution >= 0.6 is 0 Å². The second kappa shape index (κ2) is 12.6. The predicted molar refractivity (Wildman–Crippen MR) is 143 cm³/mol. The molecule has 9 nitrogen and oxygen atoms in total. The van der Waals surface area contributed by atoms with Crippen LogP contribution < -0.4 is 16.0 Å². The highest BCUT2D eigenvalue weighted by atomic mass is 16.5. The molecular weight excluding hydrogens is 486 g/mol. The third kappa shape index (κ3) is 6.51. The van der Waals surface area contributed by atoms with Crippen LogP contribution in [0, 0.1) is 11.8 Å². The van der Waals surface area contributed by atoms with E-state index >= 15 is 0 Å². The van der Waals surface area contributed by atoms with Gasteiger partial charge < -0.3 is 25.8 Å². The van der Waals surface area contributed by atoms with E-state index in [4.69, 9.17) is 9.84 Å². The fourth-order valence-electron chi connectivity index (χ4n) is 4.61. The number of carbonyl (C=O) groups excluding carboxylic acids is 3. The molecule has 0 fully saturated rings. The Kier molecular flexibility index (Phi) is 9.50. The molecule has 0 saturated carbocycles. The number of amides is 3. The summed E-state index contributed by atoms with van der Waals surface area (Å²) in [6.45, 7) is 8.67. The maximum atomic E-state index is 13.2. The first kappa shape index (κ1) is 28.7. The minimum absolute atomic E-state index is 0.108. The van der Waals surface area contributed by atoms with E-state index in [1.165, 1.54) is 6.92 Å². The van der Waals surface area contributed by atoms with Crippen molar-refractivity contribution in [1.82, 2.24) is 16.0 Å². The van der Waals surface area contributed by atoms with Crippen molar-refractivity contribution in [3.63, 3.8) is 0 Å². The summed E-state index contributed by atoms with van der Waals surface area (Å²) in [7, 11) is 0. The summed E-state index contributed by atoms with van der Waals surface area (Å²) in [4.78, 5) is 49.9. The van der Waals surface area contributed by atoms with Gasteiger partial charge in [-0.2, -0.15) is 0 Å². The monoisotopic (exact) mass is 523 g/mol. The average Bonchev–Trinajstić information content (AvgIpc) is 3.21. The molecule has 204 valence electrons. The lowest BCUT2D eigenvalue weighted by Gasteiger charge is -2.28. The smallest absolute Gasteiger partial charge is 0.407 e. The van der Waals surface area contributed by atoms with Crippen molar-refractivity contribution in [2.75, 3.05) is 6.61 Å². The molecule has 0 heterocycles. The number of hydrogen-bond acceptors (Lipinski definition) is 5. The normalized spacial score (nSPS) is 15.4. The number of aliphatic carboxylic acids is 1. The Morgan fingerprint density at radius 1 is 0.816 bits per heavy atom. The van der Waals surface area contributed by atoms with E-state index in [0.717, 1.165) is 22.3 Å². The van der Waals surface area contributed by atoms with Crippen LogP contribution in [0.1, 0.15) is 58.1 Å². The third-order valence-electron chi connectivity index (χ3n) is 7.09. The summed E-state index contributed by atoms with van der Waals surface area (Å²) in [5.41, 5.74) is 4.39. The number of nitrogens with one attached hydrogen (secondary N) is 3. The van der Waals surface area contributed by atoms with Crippen LogP contribution in [-0.4, -0.2) is 53.7 Å². The van der Waals surface area contributed by atoms with E-state index < -0.39 is 42.0 Å². The summed E-state index contributed by atoms with van der Waals surface area (Å²) < 4.78 is 5.60. The molecule has 0 spiro atoms. The van der Waals surface area contributed by atoms with Gasteiger partial charge in [-0.05, 0) is 41.0 Å². The van der Waals surface area contributed by atoms with Crippen molar-refractivity contribution in [2.45, 2.75) is 65.1 Å². The van der Waals surface area contributed by atoms with Crippen LogP contribution in [0.5, 0.6) is 0 Å². The van der Waals surface area contributed by atoms with Crippen molar-refractivity contribution in [2.24, 2.45) is 11.8 Å². The van der Waals surface area contributed by atoms with Crippen LogP contribution in [0.3, 0.4) is 0 Å². The lowest BCUT2D eigenvalue weighted by molar-refractivity contribution is -0.142. The zero-order valence-electron chi connectivity index (χ0n) is 22.5. The molecule has 1 aliphatic carbocycles. The van der Waals surface area contributed by atoms with Crippen molar-refractivity contribution in [3.05, 3.63) is 59.7 Å². The topological polar surface area (TPSA) is 134 Å². The molecule has 3 rings (SSSR count). The maximum absolute atomic E-state index is 13.2. The molecule has 0 radical (unpaired) electrons. The molecule has 38 heavy (non-hydrogen) atoms. The fraction of sp³-hybridized carbons (Fsp3) is 0.448. The lowest BCUT2D eigenvalue weighted by atomic mass is 9.96. The molecule has 4 atom stereocenters. The van der Waals surface area contributed by atoms with Crippen LogP contribution in [0.2, 0.25) is 0 Å². The number of benzene rings is 2. The van der Waals surface area contributed by atoms with E-state index in [0.29, 0.717) is 6.42 Å². The summed E-state index contributed by atoms with van der Waals surface area (Å²) in [5, 5.41) is 16.9. The number of carboxylic acid groups (broad SMARTS) is 1. The van der Waals surface area contributed by atoms with Crippen molar-refractivity contribution >= 4 is 23.9 Å². The summed E-state index contributed by atoms with van der Waals surface area (Å²) in [6.07, 6.45) is -0.156. The van der Waals surface area contributed by atoms with Gasteiger partial charge in [0.05, 0.1) is 0 Å². The zero-order chi connectivity index (χ0) is 28.0. The van der Waals surface area contributed by atoms with Crippen LogP contribution in [0.15, 0.2) is 48.5 Å². The van der Waals surface area contributed by atoms with Gasteiger partial charge in [0.15, 0.2) is 0 Å². The Hall–Kier alpha value is -3.88. The van der Waals surface area contributed by atoms with Crippen molar-refractivity contribution < 1.29 is 29.0 Å². The molecule has 0 saturated heterocycles. The van der Waals surface area contributed by atoms with E-state index in [9.17, 15) is 19.2 Å². The SMILES string of the molecule is CC[C@H](C)[C@H](NC(=O)[C@@H](NC(=O)OCC1c2ccccc2-c2ccccc21)C(C)C)C(=O)N[C@@H](C)C(=O)O. The van der Waals surface area contributed by atoms with Crippen LogP contribution in [0.25, 0.3) is 11.1 Å². The number of ether oxygens (including phenoxy) is 1. The van der Waals surface area contributed by atoms with Gasteiger partial charge in [-0.25, -0.2) is 4.79 Å². The van der Waals surface area contributed by atoms with Gasteiger partial charge in [0, 0.05) is 5.92 Å². The minimum Gasteiger partial charge on any atom is -0.480 e. The number of carbonyl (C=O) groups is 4. The van der Waals surface area contributed by atoms with Gasteiger partial charge in [0.2, 0.25) is 11.8 Å². The zero-order valence-corrected chi connectivity index (χ0v) is 22.5. The van der Waals surface area contributed by atoms with E-state index in [1.54, 1.807) is 20.8 Å². The Bertz CT molecular complexity index is 1130. The molecule has 0 aliphatic heterocycles. The van der Waals surface area contributed by atoms with Gasteiger partial charge >= 0.3 is 12.1 Å². The van der Waals surface area contributed by atoms with Gasteiger partial charge in [-0.15, -0.1) is 0 Å². The molecule has 2 aromatic carbocycles. The lowest BCUT2D eigenvalue weighted by Crippen LogP contribution is -2.58. The number of hydrogen-bond donors (Lipinski definition) is 4. The first-order valence-electron chi connectivity index (χ1n) is 13.0. The molecule has 9 heteroatoms. The number of carboxylic acids is 1. The van der Waals surface area contributed by atoms with E-state index in [-0.39, 0.29) is 24.4 Å². The molecule has 4 N–H and O–H groups in total. The Morgan fingerprint density at radius 2 is 1.34 bits per heavy atom. The molecule has 0 bridgehead atoms. The van der Waals surface area contributed by atoms with Gasteiger partial charge in [-0.1, -0.05) is 82.6 Å². The molecule has 2 aromatic rings. The highest BCUT2D eigenvalue weighted by Crippen LogP contribution is 2.44. The first-order valence-corrected chi connectivity index (χ1v) is 13.0. The quantitative estimate of drug-likeness (QED) is 0.355. The summed E-state index contributed by atoms with van der Waals surface area (Å²) in [5.74, 6) is -2.99. The average molecular weight is 524 g/mol. The first-order chi connectivity index (χ1) is 18.0. The van der Waals surface area contributed by atoms with Crippen molar-refractivity contribution in [1.29, 1.82) is 0 Å². The molecule has 1 aliphatic rings. The van der Waals surface area contributed by atoms with E-state index in [2.05, 4.69) is 28.1 Å². The van der Waals surface area contributed by atoms with Gasteiger partial charge in [-0.3, -0.25) is 14.4 Å². The Labute approximate surface area is 223 Å². The van der Waals surface area contributed by atoms with E-state index in [1.807, 2.05) is 43.3 Å². The molecular formula is C29H37N3O6. The van der Waals surface area contributed by atoms with Gasteiger partial charge in [0.1, 0.15) is 24.7 Å². The second-order valence-corrected chi connectivity index (χ2v) is 10.1. The predicted octanol–water partition coefficient (Wildman–Crippen LogP) is 3.67. The van der Waals surface area contributed by atoms with Crippen LogP contribution in [0.4, 0.5) is 4.79 Å². The van der Waals surface area contributed by atoms with Gasteiger partial charge in [0.25, 0.3) is 0 Å². The number of fused-ring (bicyclic) bond motifs is 3. The highest BCUT2D eigenvalue weighted by Gasteiger charge is 2.33. The van der Waals surface area contributed by atoms with Crippen molar-refractivity contribution in [3.8, 4) is 11.1 Å². The van der Waals surface area contributed by atoms with Crippen LogP contribution in [-0.2, 0) is 19.1 Å². The molecule has 0 unspecified atom stereocenters. The molecule has 0 aromatic heterocycles. The number of alkyl carbamates (subject to hydrolysis) is 1. The number of rotatable bonds is 11. The summed E-state index contributed by atoms with van der Waals surface area (Å²) >= 11 is 0. The highest BCUT2D eigenvalue weighted by molar-refractivity contribution is 5.93. The second-order valence-electron chi connectivity index (χ2n) is 10.1. The molecule has 3 amide bonds.